The Kier molecular flexibility index (Phi) is 5.62. The molecule has 1 aliphatic carbocycles. The maximum absolute atomic E-state index is 12.3. The molecular weight excluding hydrogens is 266 g/mol. The van der Waals surface area contributed by atoms with Crippen molar-refractivity contribution in [1.82, 2.24) is 15.1 Å². The van der Waals surface area contributed by atoms with E-state index in [1.54, 1.807) is 19.0 Å². The van der Waals surface area contributed by atoms with E-state index in [1.165, 1.54) is 19.3 Å². The standard InChI is InChI=1S/C16H29N3O2/c1-12-7-4-5-8-13(12)17-15(20)11-19-10-6-9-14(19)16(21)18(2)3/h12-14H,4-11H2,1-3H3,(H,17,20)/t12-,13-,14+/m1/s1. The molecule has 0 aromatic heterocycles. The van der Waals surface area contributed by atoms with Gasteiger partial charge in [0.1, 0.15) is 0 Å². The van der Waals surface area contributed by atoms with Gasteiger partial charge >= 0.3 is 0 Å². The zero-order valence-electron chi connectivity index (χ0n) is 13.6. The molecule has 0 radical (unpaired) electrons. The first-order chi connectivity index (χ1) is 9.99. The molecule has 1 heterocycles. The molecule has 0 aromatic carbocycles. The summed E-state index contributed by atoms with van der Waals surface area (Å²) < 4.78 is 0. The van der Waals surface area contributed by atoms with Crippen LogP contribution in [-0.2, 0) is 9.59 Å². The minimum atomic E-state index is -0.116. The van der Waals surface area contributed by atoms with Gasteiger partial charge in [-0.05, 0) is 38.1 Å². The fraction of sp³-hybridized carbons (Fsp3) is 0.875. The molecule has 2 rings (SSSR count). The molecule has 1 N–H and O–H groups in total. The Morgan fingerprint density at radius 3 is 2.52 bits per heavy atom. The normalized spacial score (nSPS) is 30.1. The third-order valence-electron chi connectivity index (χ3n) is 4.89. The van der Waals surface area contributed by atoms with Gasteiger partial charge in [-0.3, -0.25) is 14.5 Å². The van der Waals surface area contributed by atoms with Gasteiger partial charge in [-0.25, -0.2) is 0 Å². The summed E-state index contributed by atoms with van der Waals surface area (Å²) in [7, 11) is 3.56. The van der Waals surface area contributed by atoms with E-state index in [0.717, 1.165) is 25.8 Å². The van der Waals surface area contributed by atoms with Crippen molar-refractivity contribution in [1.29, 1.82) is 0 Å². The van der Waals surface area contributed by atoms with Crippen molar-refractivity contribution in [3.63, 3.8) is 0 Å². The van der Waals surface area contributed by atoms with Crippen molar-refractivity contribution >= 4 is 11.8 Å². The molecule has 2 fully saturated rings. The van der Waals surface area contributed by atoms with Crippen LogP contribution in [0.1, 0.15) is 45.4 Å². The Balaban J connectivity index is 1.85. The van der Waals surface area contributed by atoms with Gasteiger partial charge in [0.15, 0.2) is 0 Å². The molecule has 21 heavy (non-hydrogen) atoms. The van der Waals surface area contributed by atoms with Crippen LogP contribution in [0.15, 0.2) is 0 Å². The van der Waals surface area contributed by atoms with E-state index in [4.69, 9.17) is 0 Å². The van der Waals surface area contributed by atoms with Gasteiger partial charge in [0, 0.05) is 20.1 Å². The lowest BCUT2D eigenvalue weighted by Crippen LogP contribution is -2.49. The summed E-state index contributed by atoms with van der Waals surface area (Å²) >= 11 is 0. The molecular formula is C16H29N3O2. The molecule has 1 saturated heterocycles. The van der Waals surface area contributed by atoms with Crippen LogP contribution in [0.4, 0.5) is 0 Å². The maximum atomic E-state index is 12.3. The van der Waals surface area contributed by atoms with Gasteiger partial charge in [-0.15, -0.1) is 0 Å². The zero-order valence-corrected chi connectivity index (χ0v) is 13.6. The van der Waals surface area contributed by atoms with Gasteiger partial charge in [0.25, 0.3) is 0 Å². The van der Waals surface area contributed by atoms with Crippen LogP contribution in [0.5, 0.6) is 0 Å². The monoisotopic (exact) mass is 295 g/mol. The number of likely N-dealkylation sites (tertiary alicyclic amines) is 1. The summed E-state index contributed by atoms with van der Waals surface area (Å²) in [5.74, 6) is 0.763. The minimum absolute atomic E-state index is 0.0761. The van der Waals surface area contributed by atoms with E-state index in [2.05, 4.69) is 12.2 Å². The molecule has 0 aromatic rings. The molecule has 1 saturated carbocycles. The number of nitrogens with zero attached hydrogens (tertiary/aromatic N) is 2. The first-order valence-electron chi connectivity index (χ1n) is 8.23. The van der Waals surface area contributed by atoms with E-state index in [-0.39, 0.29) is 17.9 Å². The van der Waals surface area contributed by atoms with Gasteiger partial charge < -0.3 is 10.2 Å². The van der Waals surface area contributed by atoms with Gasteiger partial charge in [0.05, 0.1) is 12.6 Å². The van der Waals surface area contributed by atoms with Crippen molar-refractivity contribution in [2.24, 2.45) is 5.92 Å². The minimum Gasteiger partial charge on any atom is -0.352 e. The highest BCUT2D eigenvalue weighted by atomic mass is 16.2. The third-order valence-corrected chi connectivity index (χ3v) is 4.89. The second-order valence-electron chi connectivity index (χ2n) is 6.80. The fourth-order valence-corrected chi connectivity index (χ4v) is 3.56. The summed E-state index contributed by atoms with van der Waals surface area (Å²) in [4.78, 5) is 28.1. The molecule has 120 valence electrons. The number of hydrogen-bond acceptors (Lipinski definition) is 3. The van der Waals surface area contributed by atoms with Crippen LogP contribution in [0.25, 0.3) is 0 Å². The lowest BCUT2D eigenvalue weighted by atomic mass is 9.86. The van der Waals surface area contributed by atoms with Crippen molar-refractivity contribution in [2.75, 3.05) is 27.2 Å². The van der Waals surface area contributed by atoms with Crippen LogP contribution < -0.4 is 5.32 Å². The molecule has 0 spiro atoms. The van der Waals surface area contributed by atoms with Gasteiger partial charge in [-0.1, -0.05) is 19.8 Å². The molecule has 0 unspecified atom stereocenters. The van der Waals surface area contributed by atoms with Crippen LogP contribution in [0.3, 0.4) is 0 Å². The first-order valence-corrected chi connectivity index (χ1v) is 8.23. The highest BCUT2D eigenvalue weighted by Crippen LogP contribution is 2.24. The zero-order chi connectivity index (χ0) is 15.4. The third kappa shape index (κ3) is 4.19. The molecule has 3 atom stereocenters. The van der Waals surface area contributed by atoms with E-state index >= 15 is 0 Å². The van der Waals surface area contributed by atoms with Crippen molar-refractivity contribution in [2.45, 2.75) is 57.5 Å². The second-order valence-corrected chi connectivity index (χ2v) is 6.80. The van der Waals surface area contributed by atoms with Crippen molar-refractivity contribution in [3.8, 4) is 0 Å². The number of nitrogens with one attached hydrogen (secondary N) is 1. The summed E-state index contributed by atoms with van der Waals surface area (Å²) in [6, 6.07) is 0.200. The van der Waals surface area contributed by atoms with Crippen molar-refractivity contribution < 1.29 is 9.59 Å². The number of likely N-dealkylation sites (N-methyl/N-ethyl adjacent to an activating group) is 1. The summed E-state index contributed by atoms with van der Waals surface area (Å²) in [5.41, 5.74) is 0. The SMILES string of the molecule is C[C@@H]1CCCC[C@H]1NC(=O)CN1CCC[C@H]1C(=O)N(C)C. The highest BCUT2D eigenvalue weighted by molar-refractivity contribution is 5.83. The molecule has 5 nitrogen and oxygen atoms in total. The predicted octanol–water partition coefficient (Wildman–Crippen LogP) is 1.23. The average molecular weight is 295 g/mol. The summed E-state index contributed by atoms with van der Waals surface area (Å²) in [6.45, 7) is 3.42. The lowest BCUT2D eigenvalue weighted by molar-refractivity contribution is -0.134. The number of carbonyl (C=O) groups is 2. The van der Waals surface area contributed by atoms with Crippen LogP contribution >= 0.6 is 0 Å². The first kappa shape index (κ1) is 16.3. The average Bonchev–Trinajstić information content (AvgIpc) is 2.88. The van der Waals surface area contributed by atoms with E-state index in [0.29, 0.717) is 18.5 Å². The van der Waals surface area contributed by atoms with Crippen molar-refractivity contribution in [3.05, 3.63) is 0 Å². The van der Waals surface area contributed by atoms with Gasteiger partial charge in [-0.2, -0.15) is 0 Å². The number of carbonyl (C=O) groups excluding carboxylic acids is 2. The fourth-order valence-electron chi connectivity index (χ4n) is 3.56. The summed E-state index contributed by atoms with van der Waals surface area (Å²) in [6.07, 6.45) is 6.64. The molecule has 1 aliphatic heterocycles. The highest BCUT2D eigenvalue weighted by Gasteiger charge is 2.33. The smallest absolute Gasteiger partial charge is 0.239 e. The Bertz CT molecular complexity index is 384. The molecule has 2 aliphatic rings. The second kappa shape index (κ2) is 7.25. The van der Waals surface area contributed by atoms with E-state index < -0.39 is 0 Å². The van der Waals surface area contributed by atoms with E-state index in [1.807, 2.05) is 4.90 Å². The van der Waals surface area contributed by atoms with Crippen LogP contribution in [0, 0.1) is 5.92 Å². The summed E-state index contributed by atoms with van der Waals surface area (Å²) in [5, 5.41) is 3.18. The molecule has 2 amide bonds. The Hall–Kier alpha value is -1.10. The predicted molar refractivity (Wildman–Crippen MR) is 82.9 cm³/mol. The Morgan fingerprint density at radius 1 is 1.14 bits per heavy atom. The molecule has 5 heteroatoms. The topological polar surface area (TPSA) is 52.7 Å². The van der Waals surface area contributed by atoms with Crippen LogP contribution in [-0.4, -0.2) is 60.9 Å². The maximum Gasteiger partial charge on any atom is 0.239 e. The number of hydrogen-bond donors (Lipinski definition) is 1. The lowest BCUT2D eigenvalue weighted by Gasteiger charge is -2.31. The number of rotatable bonds is 4. The number of amides is 2. The quantitative estimate of drug-likeness (QED) is 0.849. The Labute approximate surface area is 128 Å². The van der Waals surface area contributed by atoms with E-state index in [9.17, 15) is 9.59 Å². The molecule has 0 bridgehead atoms. The Morgan fingerprint density at radius 2 is 1.86 bits per heavy atom. The van der Waals surface area contributed by atoms with Gasteiger partial charge in [0.2, 0.25) is 11.8 Å². The van der Waals surface area contributed by atoms with Crippen LogP contribution in [0.2, 0.25) is 0 Å². The largest absolute Gasteiger partial charge is 0.352 e.